The molecule has 74 valence electrons. The molecule has 1 N–H and O–H groups in total. The van der Waals surface area contributed by atoms with Crippen molar-refractivity contribution in [2.45, 2.75) is 32.7 Å². The molecule has 1 atom stereocenters. The number of rotatable bonds is 5. The average Bonchev–Trinajstić information content (AvgIpc) is 2.51. The fourth-order valence-electron chi connectivity index (χ4n) is 1.07. The van der Waals surface area contributed by atoms with Gasteiger partial charge in [0.2, 0.25) is 0 Å². The Bertz CT molecular complexity index is 247. The maximum Gasteiger partial charge on any atom is 0.0931 e. The fraction of sp³-hybridized carbons (Fsp3) is 0.600. The van der Waals surface area contributed by atoms with Crippen molar-refractivity contribution in [3.8, 4) is 0 Å². The summed E-state index contributed by atoms with van der Waals surface area (Å²) in [6.07, 6.45) is 2.27. The third kappa shape index (κ3) is 4.12. The van der Waals surface area contributed by atoms with Gasteiger partial charge in [0, 0.05) is 17.5 Å². The molecule has 13 heavy (non-hydrogen) atoms. The van der Waals surface area contributed by atoms with Gasteiger partial charge in [0.05, 0.1) is 4.34 Å². The van der Waals surface area contributed by atoms with Gasteiger partial charge in [-0.2, -0.15) is 0 Å². The van der Waals surface area contributed by atoms with Crippen molar-refractivity contribution in [1.29, 1.82) is 0 Å². The Morgan fingerprint density at radius 3 is 2.85 bits per heavy atom. The minimum absolute atomic E-state index is 0.621. The highest BCUT2D eigenvalue weighted by Gasteiger charge is 1.99. The predicted molar refractivity (Wildman–Crippen MR) is 60.8 cm³/mol. The molecule has 0 aliphatic rings. The quantitative estimate of drug-likeness (QED) is 0.798. The lowest BCUT2D eigenvalue weighted by molar-refractivity contribution is 0.538. The first kappa shape index (κ1) is 11.0. The van der Waals surface area contributed by atoms with Crippen molar-refractivity contribution in [1.82, 2.24) is 5.32 Å². The van der Waals surface area contributed by atoms with Crippen LogP contribution in [0, 0.1) is 0 Å². The Kier molecular flexibility index (Phi) is 4.78. The molecule has 1 nitrogen and oxygen atoms in total. The van der Waals surface area contributed by atoms with Crippen LogP contribution < -0.4 is 5.32 Å². The Balaban J connectivity index is 2.20. The summed E-state index contributed by atoms with van der Waals surface area (Å²) in [4.78, 5) is 1.36. The first-order chi connectivity index (χ1) is 6.22. The van der Waals surface area contributed by atoms with E-state index in [1.165, 1.54) is 11.3 Å². The van der Waals surface area contributed by atoms with Crippen molar-refractivity contribution < 1.29 is 0 Å². The summed E-state index contributed by atoms with van der Waals surface area (Å²) in [5.74, 6) is 0. The van der Waals surface area contributed by atoms with Crippen molar-refractivity contribution in [3.05, 3.63) is 21.3 Å². The molecular formula is C10H16ClNS. The highest BCUT2D eigenvalue weighted by atomic mass is 35.5. The zero-order chi connectivity index (χ0) is 9.68. The number of hydrogen-bond acceptors (Lipinski definition) is 2. The summed E-state index contributed by atoms with van der Waals surface area (Å²) in [5, 5.41) is 3.45. The van der Waals surface area contributed by atoms with Crippen LogP contribution in [0.3, 0.4) is 0 Å². The summed E-state index contributed by atoms with van der Waals surface area (Å²) in [6.45, 7) is 5.45. The van der Waals surface area contributed by atoms with Crippen molar-refractivity contribution in [2.24, 2.45) is 0 Å². The lowest BCUT2D eigenvalue weighted by atomic mass is 10.2. The van der Waals surface area contributed by atoms with E-state index in [-0.39, 0.29) is 0 Å². The van der Waals surface area contributed by atoms with Crippen LogP contribution in [-0.2, 0) is 6.42 Å². The predicted octanol–water partition coefficient (Wildman–Crippen LogP) is 3.33. The van der Waals surface area contributed by atoms with Crippen molar-refractivity contribution in [3.63, 3.8) is 0 Å². The highest BCUT2D eigenvalue weighted by Crippen LogP contribution is 2.21. The Morgan fingerprint density at radius 2 is 2.31 bits per heavy atom. The second-order valence-electron chi connectivity index (χ2n) is 3.22. The summed E-state index contributed by atoms with van der Waals surface area (Å²) >= 11 is 7.50. The van der Waals surface area contributed by atoms with E-state index in [1.807, 2.05) is 6.07 Å². The molecule has 1 rings (SSSR count). The molecule has 1 aromatic heterocycles. The molecule has 0 saturated heterocycles. The SMILES string of the molecule is CCC(C)NCCc1ccc(Cl)s1. The van der Waals surface area contributed by atoms with E-state index in [2.05, 4.69) is 25.2 Å². The Hall–Kier alpha value is -0.0500. The van der Waals surface area contributed by atoms with Gasteiger partial charge in [-0.05, 0) is 31.9 Å². The minimum Gasteiger partial charge on any atom is -0.314 e. The van der Waals surface area contributed by atoms with Crippen LogP contribution in [0.4, 0.5) is 0 Å². The van der Waals surface area contributed by atoms with Gasteiger partial charge < -0.3 is 5.32 Å². The van der Waals surface area contributed by atoms with Gasteiger partial charge in [-0.25, -0.2) is 0 Å². The summed E-state index contributed by atoms with van der Waals surface area (Å²) in [5.41, 5.74) is 0. The molecule has 1 aromatic rings. The van der Waals surface area contributed by atoms with E-state index in [9.17, 15) is 0 Å². The van der Waals surface area contributed by atoms with Crippen molar-refractivity contribution >= 4 is 22.9 Å². The Morgan fingerprint density at radius 1 is 1.54 bits per heavy atom. The molecule has 1 unspecified atom stereocenters. The zero-order valence-corrected chi connectivity index (χ0v) is 9.71. The van der Waals surface area contributed by atoms with Crippen LogP contribution >= 0.6 is 22.9 Å². The van der Waals surface area contributed by atoms with E-state index in [4.69, 9.17) is 11.6 Å². The van der Waals surface area contributed by atoms with Crippen LogP contribution in [0.15, 0.2) is 12.1 Å². The molecule has 3 heteroatoms. The van der Waals surface area contributed by atoms with E-state index < -0.39 is 0 Å². The Labute approximate surface area is 89.1 Å². The van der Waals surface area contributed by atoms with Crippen LogP contribution in [0.5, 0.6) is 0 Å². The third-order valence-electron chi connectivity index (χ3n) is 2.11. The maximum atomic E-state index is 5.83. The molecule has 1 heterocycles. The lowest BCUT2D eigenvalue weighted by Gasteiger charge is -2.09. The molecule has 0 radical (unpaired) electrons. The van der Waals surface area contributed by atoms with Gasteiger partial charge in [-0.3, -0.25) is 0 Å². The van der Waals surface area contributed by atoms with Crippen LogP contribution in [0.2, 0.25) is 4.34 Å². The van der Waals surface area contributed by atoms with Gasteiger partial charge in [-0.1, -0.05) is 18.5 Å². The molecular weight excluding hydrogens is 202 g/mol. The smallest absolute Gasteiger partial charge is 0.0931 e. The molecule has 0 bridgehead atoms. The van der Waals surface area contributed by atoms with Gasteiger partial charge in [0.1, 0.15) is 0 Å². The number of thiophene rings is 1. The highest BCUT2D eigenvalue weighted by molar-refractivity contribution is 7.16. The lowest BCUT2D eigenvalue weighted by Crippen LogP contribution is -2.26. The molecule has 0 fully saturated rings. The molecule has 0 saturated carbocycles. The molecule has 0 spiro atoms. The first-order valence-corrected chi connectivity index (χ1v) is 5.89. The first-order valence-electron chi connectivity index (χ1n) is 4.70. The second kappa shape index (κ2) is 5.63. The van der Waals surface area contributed by atoms with Gasteiger partial charge in [0.25, 0.3) is 0 Å². The number of nitrogens with one attached hydrogen (secondary N) is 1. The second-order valence-corrected chi connectivity index (χ2v) is 5.02. The standard InChI is InChI=1S/C10H16ClNS/c1-3-8(2)12-7-6-9-4-5-10(11)13-9/h4-5,8,12H,3,6-7H2,1-2H3. The minimum atomic E-state index is 0.621. The monoisotopic (exact) mass is 217 g/mol. The fourth-order valence-corrected chi connectivity index (χ4v) is 2.16. The average molecular weight is 218 g/mol. The summed E-state index contributed by atoms with van der Waals surface area (Å²) in [7, 11) is 0. The van der Waals surface area contributed by atoms with E-state index in [1.54, 1.807) is 11.3 Å². The number of hydrogen-bond donors (Lipinski definition) is 1. The number of halogens is 1. The molecule has 0 aliphatic heterocycles. The van der Waals surface area contributed by atoms with E-state index in [0.29, 0.717) is 6.04 Å². The molecule has 0 aromatic carbocycles. The summed E-state index contributed by atoms with van der Waals surface area (Å²) < 4.78 is 0.888. The van der Waals surface area contributed by atoms with Crippen molar-refractivity contribution in [2.75, 3.05) is 6.54 Å². The van der Waals surface area contributed by atoms with Crippen LogP contribution in [0.1, 0.15) is 25.1 Å². The zero-order valence-electron chi connectivity index (χ0n) is 8.14. The molecule has 0 aliphatic carbocycles. The molecule has 0 amide bonds. The maximum absolute atomic E-state index is 5.83. The van der Waals surface area contributed by atoms with Gasteiger partial charge in [-0.15, -0.1) is 11.3 Å². The van der Waals surface area contributed by atoms with E-state index >= 15 is 0 Å². The summed E-state index contributed by atoms with van der Waals surface area (Å²) in [6, 6.07) is 4.69. The largest absolute Gasteiger partial charge is 0.314 e. The normalized spacial score (nSPS) is 13.2. The topological polar surface area (TPSA) is 12.0 Å². The van der Waals surface area contributed by atoms with Gasteiger partial charge in [0.15, 0.2) is 0 Å². The van der Waals surface area contributed by atoms with Gasteiger partial charge >= 0.3 is 0 Å². The van der Waals surface area contributed by atoms with Crippen LogP contribution in [0.25, 0.3) is 0 Å². The third-order valence-corrected chi connectivity index (χ3v) is 3.40. The van der Waals surface area contributed by atoms with Crippen LogP contribution in [-0.4, -0.2) is 12.6 Å². The van der Waals surface area contributed by atoms with E-state index in [0.717, 1.165) is 17.3 Å².